The molecule has 0 unspecified atom stereocenters. The molecule has 2 aromatic rings. The molecule has 1 heterocycles. The number of halogens is 3. The average molecular weight is 437 g/mol. The second-order valence-corrected chi connectivity index (χ2v) is 5.85. The minimum absolute atomic E-state index is 0.215. The number of carbonyl (C=O) groups is 1. The molecule has 0 spiro atoms. The fourth-order valence-corrected chi connectivity index (χ4v) is 2.21. The summed E-state index contributed by atoms with van der Waals surface area (Å²) in [6.07, 6.45) is 1.50. The summed E-state index contributed by atoms with van der Waals surface area (Å²) in [5.41, 5.74) is 1.20. The molecule has 1 N–H and O–H groups in total. The molecule has 1 aromatic carbocycles. The predicted octanol–water partition coefficient (Wildman–Crippen LogP) is 4.35. The molecule has 0 bridgehead atoms. The average Bonchev–Trinajstić information content (AvgIpc) is 2.34. The maximum atomic E-state index is 11.9. The third-order valence-corrected chi connectivity index (χ3v) is 4.71. The molecule has 92 valence electrons. The second-order valence-electron chi connectivity index (χ2n) is 3.45. The Morgan fingerprint density at radius 2 is 2.11 bits per heavy atom. The number of rotatable bonds is 2. The quantitative estimate of drug-likeness (QED) is 0.561. The summed E-state index contributed by atoms with van der Waals surface area (Å²) in [5, 5.41) is 3.09. The Balaban J connectivity index is 2.18. The molecule has 1 aromatic heterocycles. The van der Waals surface area contributed by atoms with Crippen LogP contribution in [0.25, 0.3) is 0 Å². The van der Waals surface area contributed by atoms with Gasteiger partial charge in [0.05, 0.1) is 0 Å². The number of nitrogens with one attached hydrogen (secondary N) is 1. The van der Waals surface area contributed by atoms with E-state index >= 15 is 0 Å². The lowest BCUT2D eigenvalue weighted by molar-refractivity contribution is 0.102. The molecule has 0 saturated heterocycles. The van der Waals surface area contributed by atoms with Crippen LogP contribution in [0.3, 0.4) is 0 Å². The molecule has 6 heteroatoms. The smallest absolute Gasteiger partial charge is 0.255 e. The van der Waals surface area contributed by atoms with Crippen molar-refractivity contribution in [3.8, 4) is 0 Å². The molecule has 0 fully saturated rings. The normalized spacial score (nSPS) is 10.2. The maximum absolute atomic E-state index is 11.9. The summed E-state index contributed by atoms with van der Waals surface area (Å²) >= 11 is 11.4. The van der Waals surface area contributed by atoms with Crippen LogP contribution in [-0.4, -0.2) is 10.9 Å². The fraction of sp³-hybridized carbons (Fsp3) is 0. The Hall–Kier alpha value is -0.660. The van der Waals surface area contributed by atoms with Crippen molar-refractivity contribution >= 4 is 61.7 Å². The van der Waals surface area contributed by atoms with Crippen LogP contribution in [0.2, 0.25) is 5.15 Å². The van der Waals surface area contributed by atoms with E-state index in [4.69, 9.17) is 11.6 Å². The monoisotopic (exact) mass is 436 g/mol. The zero-order valence-electron chi connectivity index (χ0n) is 8.95. The van der Waals surface area contributed by atoms with Crippen molar-refractivity contribution in [2.75, 3.05) is 5.32 Å². The van der Waals surface area contributed by atoms with Gasteiger partial charge in [-0.25, -0.2) is 4.98 Å². The Morgan fingerprint density at radius 3 is 2.78 bits per heavy atom. The summed E-state index contributed by atoms with van der Waals surface area (Å²) in [6.45, 7) is 0. The minimum atomic E-state index is -0.215. The zero-order chi connectivity index (χ0) is 13.1. The molecule has 3 nitrogen and oxygen atoms in total. The van der Waals surface area contributed by atoms with Gasteiger partial charge in [-0.2, -0.15) is 0 Å². The first kappa shape index (κ1) is 13.8. The highest BCUT2D eigenvalue weighted by molar-refractivity contribution is 14.1. The Labute approximate surface area is 131 Å². The topological polar surface area (TPSA) is 42.0 Å². The van der Waals surface area contributed by atoms with Crippen LogP contribution in [0.1, 0.15) is 10.4 Å². The lowest BCUT2D eigenvalue weighted by Gasteiger charge is -2.06. The molecule has 0 radical (unpaired) electrons. The van der Waals surface area contributed by atoms with E-state index in [1.165, 1.54) is 12.3 Å². The van der Waals surface area contributed by atoms with Crippen molar-refractivity contribution < 1.29 is 4.79 Å². The molecule has 1 amide bonds. The molecule has 2 rings (SSSR count). The molecule has 18 heavy (non-hydrogen) atoms. The number of hydrogen-bond acceptors (Lipinski definition) is 2. The second kappa shape index (κ2) is 5.99. The number of aromatic nitrogens is 1. The molecule has 0 aliphatic rings. The Morgan fingerprint density at radius 1 is 1.33 bits per heavy atom. The first-order valence-electron chi connectivity index (χ1n) is 4.94. The number of anilines is 1. The number of amides is 1. The minimum Gasteiger partial charge on any atom is -0.322 e. The van der Waals surface area contributed by atoms with Crippen LogP contribution in [0, 0.1) is 3.57 Å². The molecule has 0 saturated carbocycles. The van der Waals surface area contributed by atoms with Crippen LogP contribution in [0.15, 0.2) is 41.0 Å². The van der Waals surface area contributed by atoms with Gasteiger partial charge in [0.2, 0.25) is 0 Å². The van der Waals surface area contributed by atoms with Crippen LogP contribution in [0.4, 0.5) is 5.69 Å². The Bertz CT molecular complexity index is 606. The van der Waals surface area contributed by atoms with Gasteiger partial charge in [-0.15, -0.1) is 0 Å². The number of hydrogen-bond donors (Lipinski definition) is 1. The summed E-state index contributed by atoms with van der Waals surface area (Å²) in [5.74, 6) is -0.215. The fourth-order valence-electron chi connectivity index (χ4n) is 1.32. The van der Waals surface area contributed by atoms with Crippen molar-refractivity contribution in [3.63, 3.8) is 0 Å². The lowest BCUT2D eigenvalue weighted by atomic mass is 10.2. The van der Waals surface area contributed by atoms with Crippen molar-refractivity contribution in [2.45, 2.75) is 0 Å². The summed E-state index contributed by atoms with van der Waals surface area (Å²) in [4.78, 5) is 15.8. The van der Waals surface area contributed by atoms with E-state index in [1.807, 2.05) is 18.2 Å². The molecular weight excluding hydrogens is 430 g/mol. The van der Waals surface area contributed by atoms with E-state index in [0.29, 0.717) is 10.7 Å². The summed E-state index contributed by atoms with van der Waals surface area (Å²) in [6, 6.07) is 8.75. The SMILES string of the molecule is O=C(Nc1ccc(I)c(Br)c1)c1ccnc(Cl)c1. The van der Waals surface area contributed by atoms with Crippen LogP contribution >= 0.6 is 50.1 Å². The van der Waals surface area contributed by atoms with Crippen LogP contribution in [0.5, 0.6) is 0 Å². The van der Waals surface area contributed by atoms with Gasteiger partial charge in [0, 0.05) is 25.5 Å². The molecule has 0 aliphatic heterocycles. The third kappa shape index (κ3) is 3.43. The number of carbonyl (C=O) groups excluding carboxylic acids is 1. The zero-order valence-corrected chi connectivity index (χ0v) is 13.5. The van der Waals surface area contributed by atoms with E-state index in [9.17, 15) is 4.79 Å². The first-order valence-corrected chi connectivity index (χ1v) is 7.19. The van der Waals surface area contributed by atoms with E-state index < -0.39 is 0 Å². The molecule has 0 aliphatic carbocycles. The molecular formula is C12H7BrClIN2O. The van der Waals surface area contributed by atoms with Gasteiger partial charge in [-0.3, -0.25) is 4.79 Å². The highest BCUT2D eigenvalue weighted by Crippen LogP contribution is 2.23. The van der Waals surface area contributed by atoms with Crippen LogP contribution in [-0.2, 0) is 0 Å². The summed E-state index contributed by atoms with van der Waals surface area (Å²) < 4.78 is 2.02. The van der Waals surface area contributed by atoms with E-state index in [1.54, 1.807) is 6.07 Å². The Kier molecular flexibility index (Phi) is 4.58. The largest absolute Gasteiger partial charge is 0.322 e. The predicted molar refractivity (Wildman–Crippen MR) is 84.1 cm³/mol. The van der Waals surface area contributed by atoms with Crippen molar-refractivity contribution in [2.24, 2.45) is 0 Å². The highest BCUT2D eigenvalue weighted by Gasteiger charge is 2.07. The van der Waals surface area contributed by atoms with Gasteiger partial charge in [0.15, 0.2) is 0 Å². The first-order chi connectivity index (χ1) is 8.56. The van der Waals surface area contributed by atoms with Gasteiger partial charge < -0.3 is 5.32 Å². The summed E-state index contributed by atoms with van der Waals surface area (Å²) in [7, 11) is 0. The van der Waals surface area contributed by atoms with Gasteiger partial charge in [0.1, 0.15) is 5.15 Å². The number of nitrogens with zero attached hydrogens (tertiary/aromatic N) is 1. The maximum Gasteiger partial charge on any atom is 0.255 e. The third-order valence-electron chi connectivity index (χ3n) is 2.17. The van der Waals surface area contributed by atoms with Crippen molar-refractivity contribution in [1.82, 2.24) is 4.98 Å². The van der Waals surface area contributed by atoms with Gasteiger partial charge in [-0.1, -0.05) is 11.6 Å². The number of pyridine rings is 1. The van der Waals surface area contributed by atoms with Crippen LogP contribution < -0.4 is 5.32 Å². The van der Waals surface area contributed by atoms with Crippen molar-refractivity contribution in [3.05, 3.63) is 55.3 Å². The molecule has 0 atom stereocenters. The van der Waals surface area contributed by atoms with Gasteiger partial charge in [0.25, 0.3) is 5.91 Å². The highest BCUT2D eigenvalue weighted by atomic mass is 127. The van der Waals surface area contributed by atoms with E-state index in [-0.39, 0.29) is 5.91 Å². The van der Waals surface area contributed by atoms with Crippen molar-refractivity contribution in [1.29, 1.82) is 0 Å². The van der Waals surface area contributed by atoms with E-state index in [2.05, 4.69) is 48.8 Å². The van der Waals surface area contributed by atoms with E-state index in [0.717, 1.165) is 13.7 Å². The standard InChI is InChI=1S/C12H7BrClIN2O/c13-9-6-8(1-2-10(9)15)17-12(18)7-3-4-16-11(14)5-7/h1-6H,(H,17,18). The number of benzene rings is 1. The lowest BCUT2D eigenvalue weighted by Crippen LogP contribution is -2.12. The van der Waals surface area contributed by atoms with Gasteiger partial charge in [-0.05, 0) is 68.9 Å². The van der Waals surface area contributed by atoms with Gasteiger partial charge >= 0.3 is 0 Å².